The van der Waals surface area contributed by atoms with Gasteiger partial charge in [-0.15, -0.1) is 0 Å². The highest BCUT2D eigenvalue weighted by atomic mass is 16.5. The minimum atomic E-state index is -0.437. The van der Waals surface area contributed by atoms with Crippen LogP contribution in [0.2, 0.25) is 0 Å². The molecule has 0 spiro atoms. The van der Waals surface area contributed by atoms with E-state index in [1.165, 1.54) is 5.56 Å². The number of benzene rings is 1. The molecule has 0 aliphatic heterocycles. The zero-order valence-corrected chi connectivity index (χ0v) is 8.66. The minimum Gasteiger partial charge on any atom is -0.497 e. The van der Waals surface area contributed by atoms with E-state index in [-0.39, 0.29) is 0 Å². The number of hydrogen-bond acceptors (Lipinski definition) is 3. The molecule has 0 amide bonds. The minimum absolute atomic E-state index is 0.437. The molecule has 1 atom stereocenters. The van der Waals surface area contributed by atoms with Gasteiger partial charge in [-0.3, -0.25) is 5.32 Å². The molecule has 1 aromatic carbocycles. The molecule has 0 aromatic heterocycles. The summed E-state index contributed by atoms with van der Waals surface area (Å²) in [6.45, 7) is 2.50. The summed E-state index contributed by atoms with van der Waals surface area (Å²) in [4.78, 5) is 0. The van der Waals surface area contributed by atoms with Crippen molar-refractivity contribution in [2.24, 2.45) is 0 Å². The molecule has 0 saturated heterocycles. The third kappa shape index (κ3) is 3.77. The monoisotopic (exact) mass is 195 g/mol. The fraction of sp³-hybridized carbons (Fsp3) is 0.455. The van der Waals surface area contributed by atoms with Gasteiger partial charge in [0.15, 0.2) is 0 Å². The lowest BCUT2D eigenvalue weighted by atomic mass is 10.1. The first-order valence-electron chi connectivity index (χ1n) is 4.77. The summed E-state index contributed by atoms with van der Waals surface area (Å²) in [7, 11) is 1.66. The van der Waals surface area contributed by atoms with E-state index < -0.39 is 6.23 Å². The van der Waals surface area contributed by atoms with Gasteiger partial charge in [-0.25, -0.2) is 0 Å². The Kier molecular flexibility index (Phi) is 4.43. The summed E-state index contributed by atoms with van der Waals surface area (Å²) < 4.78 is 5.06. The average Bonchev–Trinajstić information content (AvgIpc) is 2.18. The van der Waals surface area contributed by atoms with Crippen LogP contribution in [0.15, 0.2) is 24.3 Å². The van der Waals surface area contributed by atoms with E-state index in [0.29, 0.717) is 0 Å². The van der Waals surface area contributed by atoms with Crippen LogP contribution in [0, 0.1) is 0 Å². The highest BCUT2D eigenvalue weighted by Gasteiger charge is 1.96. The van der Waals surface area contributed by atoms with Crippen LogP contribution in [-0.4, -0.2) is 25.0 Å². The summed E-state index contributed by atoms with van der Waals surface area (Å²) in [6.07, 6.45) is 0.475. The molecule has 14 heavy (non-hydrogen) atoms. The van der Waals surface area contributed by atoms with Crippen molar-refractivity contribution in [1.82, 2.24) is 5.32 Å². The Bertz CT molecular complexity index is 256. The summed E-state index contributed by atoms with van der Waals surface area (Å²) in [6, 6.07) is 7.94. The maximum absolute atomic E-state index is 8.98. The molecular weight excluding hydrogens is 178 g/mol. The van der Waals surface area contributed by atoms with Gasteiger partial charge in [-0.05, 0) is 31.0 Å². The van der Waals surface area contributed by atoms with Gasteiger partial charge in [-0.2, -0.15) is 0 Å². The van der Waals surface area contributed by atoms with Crippen LogP contribution in [0.3, 0.4) is 0 Å². The summed E-state index contributed by atoms with van der Waals surface area (Å²) in [5, 5.41) is 11.9. The Morgan fingerprint density at radius 2 is 2.00 bits per heavy atom. The second-order valence-electron chi connectivity index (χ2n) is 3.23. The van der Waals surface area contributed by atoms with Crippen molar-refractivity contribution in [2.75, 3.05) is 13.7 Å². The maximum Gasteiger partial charge on any atom is 0.118 e. The number of rotatable bonds is 5. The van der Waals surface area contributed by atoms with Crippen molar-refractivity contribution in [3.8, 4) is 5.75 Å². The van der Waals surface area contributed by atoms with Crippen LogP contribution in [0.4, 0.5) is 0 Å². The smallest absolute Gasteiger partial charge is 0.118 e. The predicted octanol–water partition coefficient (Wildman–Crippen LogP) is 1.17. The second-order valence-corrected chi connectivity index (χ2v) is 3.23. The molecular formula is C11H17NO2. The fourth-order valence-electron chi connectivity index (χ4n) is 1.22. The standard InChI is InChI=1S/C11H17NO2/c1-9(13)12-8-7-10-3-5-11(14-2)6-4-10/h3-6,9,12-13H,7-8H2,1-2H3. The van der Waals surface area contributed by atoms with Gasteiger partial charge < -0.3 is 9.84 Å². The Hall–Kier alpha value is -1.06. The Balaban J connectivity index is 2.36. The quantitative estimate of drug-likeness (QED) is 0.693. The molecule has 0 heterocycles. The van der Waals surface area contributed by atoms with Crippen molar-refractivity contribution in [3.63, 3.8) is 0 Å². The van der Waals surface area contributed by atoms with E-state index in [0.717, 1.165) is 18.7 Å². The Labute approximate surface area is 84.7 Å². The van der Waals surface area contributed by atoms with Gasteiger partial charge in [0, 0.05) is 6.54 Å². The van der Waals surface area contributed by atoms with Gasteiger partial charge in [0.05, 0.1) is 7.11 Å². The lowest BCUT2D eigenvalue weighted by Crippen LogP contribution is -2.27. The van der Waals surface area contributed by atoms with Gasteiger partial charge in [0.1, 0.15) is 12.0 Å². The third-order valence-corrected chi connectivity index (χ3v) is 2.01. The largest absolute Gasteiger partial charge is 0.497 e. The maximum atomic E-state index is 8.98. The predicted molar refractivity (Wildman–Crippen MR) is 56.4 cm³/mol. The van der Waals surface area contributed by atoms with Crippen molar-refractivity contribution in [1.29, 1.82) is 0 Å². The van der Waals surface area contributed by atoms with E-state index in [4.69, 9.17) is 9.84 Å². The number of ether oxygens (including phenoxy) is 1. The van der Waals surface area contributed by atoms with Gasteiger partial charge >= 0.3 is 0 Å². The molecule has 3 nitrogen and oxygen atoms in total. The molecule has 2 N–H and O–H groups in total. The highest BCUT2D eigenvalue weighted by molar-refractivity contribution is 5.27. The van der Waals surface area contributed by atoms with Crippen LogP contribution in [-0.2, 0) is 6.42 Å². The SMILES string of the molecule is COc1ccc(CCNC(C)O)cc1. The normalized spacial score (nSPS) is 12.5. The first-order valence-corrected chi connectivity index (χ1v) is 4.77. The van der Waals surface area contributed by atoms with E-state index in [9.17, 15) is 0 Å². The second kappa shape index (κ2) is 5.62. The third-order valence-electron chi connectivity index (χ3n) is 2.01. The number of methoxy groups -OCH3 is 1. The molecule has 0 bridgehead atoms. The van der Waals surface area contributed by atoms with E-state index >= 15 is 0 Å². The number of nitrogens with one attached hydrogen (secondary N) is 1. The van der Waals surface area contributed by atoms with Crippen LogP contribution >= 0.6 is 0 Å². The number of aliphatic hydroxyl groups is 1. The zero-order valence-electron chi connectivity index (χ0n) is 8.66. The Morgan fingerprint density at radius 1 is 1.36 bits per heavy atom. The van der Waals surface area contributed by atoms with Crippen LogP contribution < -0.4 is 10.1 Å². The van der Waals surface area contributed by atoms with Crippen LogP contribution in [0.1, 0.15) is 12.5 Å². The molecule has 0 aliphatic carbocycles. The summed E-state index contributed by atoms with van der Waals surface area (Å²) >= 11 is 0. The lowest BCUT2D eigenvalue weighted by Gasteiger charge is -2.07. The molecule has 0 saturated carbocycles. The summed E-state index contributed by atoms with van der Waals surface area (Å²) in [5.74, 6) is 0.872. The van der Waals surface area contributed by atoms with Gasteiger partial charge in [-0.1, -0.05) is 12.1 Å². The molecule has 3 heteroatoms. The molecule has 0 fully saturated rings. The highest BCUT2D eigenvalue weighted by Crippen LogP contribution is 2.11. The molecule has 1 unspecified atom stereocenters. The van der Waals surface area contributed by atoms with Crippen LogP contribution in [0.25, 0.3) is 0 Å². The Morgan fingerprint density at radius 3 is 2.50 bits per heavy atom. The molecule has 0 radical (unpaired) electrons. The van der Waals surface area contributed by atoms with E-state index in [1.807, 2.05) is 24.3 Å². The van der Waals surface area contributed by atoms with Crippen molar-refractivity contribution in [2.45, 2.75) is 19.6 Å². The molecule has 1 aromatic rings. The van der Waals surface area contributed by atoms with E-state index in [2.05, 4.69) is 5.32 Å². The van der Waals surface area contributed by atoms with Gasteiger partial charge in [0.2, 0.25) is 0 Å². The first kappa shape index (κ1) is 11.0. The molecule has 0 aliphatic rings. The molecule has 78 valence electrons. The summed E-state index contributed by atoms with van der Waals surface area (Å²) in [5.41, 5.74) is 1.24. The number of hydrogen-bond donors (Lipinski definition) is 2. The average molecular weight is 195 g/mol. The van der Waals surface area contributed by atoms with Gasteiger partial charge in [0.25, 0.3) is 0 Å². The van der Waals surface area contributed by atoms with Crippen molar-refractivity contribution >= 4 is 0 Å². The first-order chi connectivity index (χ1) is 6.72. The lowest BCUT2D eigenvalue weighted by molar-refractivity contribution is 0.157. The zero-order chi connectivity index (χ0) is 10.4. The van der Waals surface area contributed by atoms with Crippen molar-refractivity contribution in [3.05, 3.63) is 29.8 Å². The topological polar surface area (TPSA) is 41.5 Å². The fourth-order valence-corrected chi connectivity index (χ4v) is 1.22. The van der Waals surface area contributed by atoms with Crippen LogP contribution in [0.5, 0.6) is 5.75 Å². The van der Waals surface area contributed by atoms with Crippen molar-refractivity contribution < 1.29 is 9.84 Å². The van der Waals surface area contributed by atoms with E-state index in [1.54, 1.807) is 14.0 Å². The number of aliphatic hydroxyl groups excluding tert-OH is 1. The molecule has 1 rings (SSSR count).